The maximum Gasteiger partial charge on any atom is 0.0932 e. The van der Waals surface area contributed by atoms with Gasteiger partial charge in [-0.15, -0.1) is 0 Å². The number of hydrogen-bond acceptors (Lipinski definition) is 1. The molecule has 0 radical (unpaired) electrons. The van der Waals surface area contributed by atoms with Crippen LogP contribution in [0.5, 0.6) is 0 Å². The van der Waals surface area contributed by atoms with Crippen LogP contribution < -0.4 is 0 Å². The van der Waals surface area contributed by atoms with Crippen molar-refractivity contribution in [3.8, 4) is 0 Å². The van der Waals surface area contributed by atoms with Crippen LogP contribution in [0.25, 0.3) is 0 Å². The highest BCUT2D eigenvalue weighted by Gasteiger charge is 2.23. The molecule has 1 aliphatic rings. The van der Waals surface area contributed by atoms with Gasteiger partial charge in [-0.1, -0.05) is 59.3 Å². The third-order valence-electron chi connectivity index (χ3n) is 3.71. The van der Waals surface area contributed by atoms with Gasteiger partial charge in [-0.3, -0.25) is 0 Å². The van der Waals surface area contributed by atoms with Gasteiger partial charge in [0.2, 0.25) is 0 Å². The quantitative estimate of drug-likeness (QED) is 0.503. The zero-order valence-electron chi connectivity index (χ0n) is 10.7. The number of benzene rings is 1. The lowest BCUT2D eigenvalue weighted by molar-refractivity contribution is -0.0247. The SMILES string of the molecule is CC1CCC(OC(CI)c2ccccc2Cl)CC1. The molecule has 0 spiro atoms. The second-order valence-electron chi connectivity index (χ2n) is 5.18. The molecule has 100 valence electrons. The first-order valence-electron chi connectivity index (χ1n) is 6.66. The van der Waals surface area contributed by atoms with Crippen LogP contribution in [0, 0.1) is 5.92 Å². The minimum absolute atomic E-state index is 0.137. The van der Waals surface area contributed by atoms with Gasteiger partial charge in [0.05, 0.1) is 12.2 Å². The molecule has 1 fully saturated rings. The normalized spacial score (nSPS) is 25.9. The molecule has 0 bridgehead atoms. The fraction of sp³-hybridized carbons (Fsp3) is 0.600. The summed E-state index contributed by atoms with van der Waals surface area (Å²) in [5.41, 5.74) is 1.13. The van der Waals surface area contributed by atoms with Crippen molar-refractivity contribution >= 4 is 34.2 Å². The molecule has 1 aliphatic carbocycles. The van der Waals surface area contributed by atoms with Gasteiger partial charge in [-0.25, -0.2) is 0 Å². The Morgan fingerprint density at radius 1 is 1.28 bits per heavy atom. The van der Waals surface area contributed by atoms with Gasteiger partial charge >= 0.3 is 0 Å². The molecule has 1 nitrogen and oxygen atoms in total. The average Bonchev–Trinajstić information content (AvgIpc) is 2.39. The Morgan fingerprint density at radius 3 is 2.56 bits per heavy atom. The molecule has 1 atom stereocenters. The van der Waals surface area contributed by atoms with E-state index in [1.807, 2.05) is 18.2 Å². The Hall–Kier alpha value is 0.200. The summed E-state index contributed by atoms with van der Waals surface area (Å²) in [4.78, 5) is 0. The topological polar surface area (TPSA) is 9.23 Å². The summed E-state index contributed by atoms with van der Waals surface area (Å²) in [6.07, 6.45) is 5.52. The Morgan fingerprint density at radius 2 is 1.94 bits per heavy atom. The van der Waals surface area contributed by atoms with E-state index in [9.17, 15) is 0 Å². The highest BCUT2D eigenvalue weighted by Crippen LogP contribution is 2.33. The Bertz CT molecular complexity index is 375. The van der Waals surface area contributed by atoms with Gasteiger partial charge in [-0.05, 0) is 37.7 Å². The monoisotopic (exact) mass is 378 g/mol. The van der Waals surface area contributed by atoms with Gasteiger partial charge in [0.15, 0.2) is 0 Å². The van der Waals surface area contributed by atoms with Gasteiger partial charge in [0.25, 0.3) is 0 Å². The van der Waals surface area contributed by atoms with Crippen LogP contribution in [-0.2, 0) is 4.74 Å². The van der Waals surface area contributed by atoms with E-state index in [4.69, 9.17) is 16.3 Å². The van der Waals surface area contributed by atoms with Gasteiger partial charge in [-0.2, -0.15) is 0 Å². The smallest absolute Gasteiger partial charge is 0.0932 e. The minimum Gasteiger partial charge on any atom is -0.369 e. The zero-order valence-corrected chi connectivity index (χ0v) is 13.7. The zero-order chi connectivity index (χ0) is 13.0. The summed E-state index contributed by atoms with van der Waals surface area (Å²) in [6.45, 7) is 2.33. The Kier molecular flexibility index (Phi) is 5.77. The molecule has 0 aliphatic heterocycles. The van der Waals surface area contributed by atoms with Crippen LogP contribution in [0.3, 0.4) is 0 Å². The lowest BCUT2D eigenvalue weighted by atomic mass is 9.89. The molecule has 1 saturated carbocycles. The number of alkyl halides is 1. The molecular weight excluding hydrogens is 359 g/mol. The summed E-state index contributed by atoms with van der Waals surface area (Å²) in [5, 5.41) is 0.823. The van der Waals surface area contributed by atoms with Crippen molar-refractivity contribution in [1.29, 1.82) is 0 Å². The van der Waals surface area contributed by atoms with Crippen LogP contribution in [-0.4, -0.2) is 10.5 Å². The van der Waals surface area contributed by atoms with Crippen LogP contribution >= 0.6 is 34.2 Å². The predicted octanol–water partition coefficient (Wildman–Crippen LogP) is 5.41. The van der Waals surface area contributed by atoms with Gasteiger partial charge in [0.1, 0.15) is 0 Å². The maximum absolute atomic E-state index is 6.26. The molecule has 2 rings (SSSR count). The molecule has 1 unspecified atom stereocenters. The number of halogens is 2. The first-order valence-corrected chi connectivity index (χ1v) is 8.57. The number of hydrogen-bond donors (Lipinski definition) is 0. The molecule has 18 heavy (non-hydrogen) atoms. The van der Waals surface area contributed by atoms with Gasteiger partial charge in [0, 0.05) is 15.0 Å². The molecule has 0 N–H and O–H groups in total. The molecular formula is C15H20ClIO. The lowest BCUT2D eigenvalue weighted by Crippen LogP contribution is -2.23. The number of ether oxygens (including phenoxy) is 1. The van der Waals surface area contributed by atoms with E-state index in [1.54, 1.807) is 0 Å². The fourth-order valence-electron chi connectivity index (χ4n) is 2.53. The molecule has 1 aromatic carbocycles. The highest BCUT2D eigenvalue weighted by molar-refractivity contribution is 14.1. The van der Waals surface area contributed by atoms with Crippen LogP contribution in [0.4, 0.5) is 0 Å². The second-order valence-corrected chi connectivity index (χ2v) is 6.47. The van der Waals surface area contributed by atoms with Crippen molar-refractivity contribution in [3.63, 3.8) is 0 Å². The molecule has 0 saturated heterocycles. The molecule has 3 heteroatoms. The second kappa shape index (κ2) is 7.11. The summed E-state index contributed by atoms with van der Waals surface area (Å²) >= 11 is 8.64. The average molecular weight is 379 g/mol. The summed E-state index contributed by atoms with van der Waals surface area (Å²) in [7, 11) is 0. The molecule has 0 heterocycles. The highest BCUT2D eigenvalue weighted by atomic mass is 127. The van der Waals surface area contributed by atoms with Crippen molar-refractivity contribution in [1.82, 2.24) is 0 Å². The third kappa shape index (κ3) is 3.84. The van der Waals surface area contributed by atoms with E-state index in [-0.39, 0.29) is 6.10 Å². The van der Waals surface area contributed by atoms with E-state index in [1.165, 1.54) is 25.7 Å². The Balaban J connectivity index is 1.99. The fourth-order valence-corrected chi connectivity index (χ4v) is 3.47. The van der Waals surface area contributed by atoms with Crippen LogP contribution in [0.15, 0.2) is 24.3 Å². The summed E-state index contributed by atoms with van der Waals surface area (Å²) < 4.78 is 7.22. The van der Waals surface area contributed by atoms with E-state index in [2.05, 4.69) is 35.6 Å². The largest absolute Gasteiger partial charge is 0.369 e. The van der Waals surface area contributed by atoms with Crippen molar-refractivity contribution in [2.45, 2.75) is 44.8 Å². The van der Waals surface area contributed by atoms with Crippen molar-refractivity contribution in [3.05, 3.63) is 34.9 Å². The van der Waals surface area contributed by atoms with Crippen LogP contribution in [0.2, 0.25) is 5.02 Å². The van der Waals surface area contributed by atoms with Gasteiger partial charge < -0.3 is 4.74 Å². The molecule has 0 aromatic heterocycles. The first kappa shape index (κ1) is 14.6. The molecule has 1 aromatic rings. The van der Waals surface area contributed by atoms with Crippen molar-refractivity contribution in [2.75, 3.05) is 4.43 Å². The lowest BCUT2D eigenvalue weighted by Gasteiger charge is -2.30. The number of rotatable bonds is 4. The first-order chi connectivity index (χ1) is 8.70. The van der Waals surface area contributed by atoms with Crippen molar-refractivity contribution in [2.24, 2.45) is 5.92 Å². The third-order valence-corrected chi connectivity index (χ3v) is 4.86. The summed E-state index contributed by atoms with van der Waals surface area (Å²) in [6, 6.07) is 8.03. The van der Waals surface area contributed by atoms with Crippen molar-refractivity contribution < 1.29 is 4.74 Å². The predicted molar refractivity (Wildman–Crippen MR) is 85.6 cm³/mol. The molecule has 0 amide bonds. The minimum atomic E-state index is 0.137. The van der Waals surface area contributed by atoms with E-state index >= 15 is 0 Å². The Labute approximate surface area is 128 Å². The standard InChI is InChI=1S/C15H20ClIO/c1-11-6-8-12(9-7-11)18-15(10-17)13-4-2-3-5-14(13)16/h2-5,11-12,15H,6-10H2,1H3. The van der Waals surface area contributed by atoms with E-state index < -0.39 is 0 Å². The van der Waals surface area contributed by atoms with Crippen LogP contribution in [0.1, 0.15) is 44.3 Å². The summed E-state index contributed by atoms with van der Waals surface area (Å²) in [5.74, 6) is 0.864. The van der Waals surface area contributed by atoms with E-state index in [0.717, 1.165) is 20.9 Å². The van der Waals surface area contributed by atoms with E-state index in [0.29, 0.717) is 6.10 Å². The maximum atomic E-state index is 6.26.